The molecule has 0 spiro atoms. The van der Waals surface area contributed by atoms with Crippen molar-refractivity contribution in [1.82, 2.24) is 4.90 Å². The van der Waals surface area contributed by atoms with Crippen LogP contribution in [-0.2, 0) is 5.54 Å². The van der Waals surface area contributed by atoms with E-state index < -0.39 is 5.54 Å². The van der Waals surface area contributed by atoms with E-state index in [0.717, 1.165) is 35.5 Å². The molecular formula is C25H22N4. The molecule has 2 heterocycles. The Morgan fingerprint density at radius 3 is 2.14 bits per heavy atom. The summed E-state index contributed by atoms with van der Waals surface area (Å²) in [5.41, 5.74) is 3.66. The van der Waals surface area contributed by atoms with E-state index in [1.54, 1.807) is 0 Å². The first kappa shape index (κ1) is 17.7. The molecule has 3 aromatic carbocycles. The largest absolute Gasteiger partial charge is 0.268 e. The Labute approximate surface area is 171 Å². The Balaban J connectivity index is 1.77. The second-order valence-electron chi connectivity index (χ2n) is 7.56. The molecule has 0 aliphatic carbocycles. The monoisotopic (exact) mass is 378 g/mol. The van der Waals surface area contributed by atoms with Crippen LogP contribution in [0, 0.1) is 17.2 Å². The Bertz CT molecular complexity index is 1060. The number of hydrogen-bond acceptors (Lipinski definition) is 4. The molecule has 2 atom stereocenters. The summed E-state index contributed by atoms with van der Waals surface area (Å²) < 4.78 is 0. The van der Waals surface area contributed by atoms with E-state index >= 15 is 0 Å². The molecule has 2 aliphatic heterocycles. The SMILES string of the molecule is N#C[C@@H]1CCN2CN(c3ccccc3)N=C(c3ccccc3)[C@@]12c1ccccc1. The van der Waals surface area contributed by atoms with Crippen molar-refractivity contribution in [2.45, 2.75) is 12.0 Å². The van der Waals surface area contributed by atoms with Gasteiger partial charge in [-0.15, -0.1) is 0 Å². The van der Waals surface area contributed by atoms with E-state index in [1.807, 2.05) is 42.5 Å². The number of para-hydroxylation sites is 1. The molecule has 29 heavy (non-hydrogen) atoms. The number of fused-ring (bicyclic) bond motifs is 1. The number of rotatable bonds is 3. The summed E-state index contributed by atoms with van der Waals surface area (Å²) in [7, 11) is 0. The molecule has 0 N–H and O–H groups in total. The van der Waals surface area contributed by atoms with E-state index in [0.29, 0.717) is 6.67 Å². The number of hydrogen-bond donors (Lipinski definition) is 0. The third kappa shape index (κ3) is 2.74. The van der Waals surface area contributed by atoms with Crippen molar-refractivity contribution in [2.24, 2.45) is 11.0 Å². The van der Waals surface area contributed by atoms with Gasteiger partial charge in [0.1, 0.15) is 5.54 Å². The summed E-state index contributed by atoms with van der Waals surface area (Å²) in [5.74, 6) is -0.151. The van der Waals surface area contributed by atoms with Gasteiger partial charge in [-0.05, 0) is 24.1 Å². The maximum Gasteiger partial charge on any atom is 0.109 e. The fourth-order valence-electron chi connectivity index (χ4n) is 4.76. The highest BCUT2D eigenvalue weighted by Crippen LogP contribution is 2.48. The summed E-state index contributed by atoms with van der Waals surface area (Å²) >= 11 is 0. The van der Waals surface area contributed by atoms with Gasteiger partial charge in [0.2, 0.25) is 0 Å². The van der Waals surface area contributed by atoms with Gasteiger partial charge in [0.25, 0.3) is 0 Å². The van der Waals surface area contributed by atoms with Gasteiger partial charge in [0, 0.05) is 12.1 Å². The van der Waals surface area contributed by atoms with Crippen LogP contribution in [-0.4, -0.2) is 23.8 Å². The van der Waals surface area contributed by atoms with Crippen LogP contribution in [0.5, 0.6) is 0 Å². The predicted molar refractivity (Wildman–Crippen MR) is 115 cm³/mol. The van der Waals surface area contributed by atoms with Gasteiger partial charge in [-0.2, -0.15) is 10.4 Å². The van der Waals surface area contributed by atoms with Crippen LogP contribution in [0.15, 0.2) is 96.1 Å². The van der Waals surface area contributed by atoms with E-state index in [1.165, 1.54) is 0 Å². The highest BCUT2D eigenvalue weighted by molar-refractivity contribution is 6.09. The van der Waals surface area contributed by atoms with Gasteiger partial charge >= 0.3 is 0 Å². The molecule has 2 aliphatic rings. The zero-order valence-corrected chi connectivity index (χ0v) is 16.1. The van der Waals surface area contributed by atoms with Gasteiger partial charge in [-0.1, -0.05) is 78.9 Å². The minimum atomic E-state index is -0.539. The van der Waals surface area contributed by atoms with Crippen LogP contribution in [0.4, 0.5) is 5.69 Å². The first-order chi connectivity index (χ1) is 14.3. The summed E-state index contributed by atoms with van der Waals surface area (Å²) in [6, 6.07) is 33.6. The third-order valence-corrected chi connectivity index (χ3v) is 6.05. The van der Waals surface area contributed by atoms with Crippen LogP contribution in [0.3, 0.4) is 0 Å². The normalized spacial score (nSPS) is 23.9. The lowest BCUT2D eigenvalue weighted by Crippen LogP contribution is -2.58. The molecule has 0 aromatic heterocycles. The molecule has 1 fully saturated rings. The second kappa shape index (κ2) is 7.20. The maximum atomic E-state index is 10.1. The molecule has 5 rings (SSSR count). The van der Waals surface area contributed by atoms with Crippen LogP contribution in [0.2, 0.25) is 0 Å². The van der Waals surface area contributed by atoms with Crippen LogP contribution >= 0.6 is 0 Å². The third-order valence-electron chi connectivity index (χ3n) is 6.05. The number of anilines is 1. The van der Waals surface area contributed by atoms with Crippen molar-refractivity contribution in [1.29, 1.82) is 5.26 Å². The lowest BCUT2D eigenvalue weighted by molar-refractivity contribution is 0.174. The van der Waals surface area contributed by atoms with Crippen LogP contribution in [0.1, 0.15) is 17.5 Å². The van der Waals surface area contributed by atoms with Gasteiger partial charge in [0.05, 0.1) is 30.1 Å². The fraction of sp³-hybridized carbons (Fsp3) is 0.200. The summed E-state index contributed by atoms with van der Waals surface area (Å²) in [6.45, 7) is 1.52. The molecule has 0 unspecified atom stereocenters. The summed E-state index contributed by atoms with van der Waals surface area (Å²) in [4.78, 5) is 2.43. The number of nitriles is 1. The second-order valence-corrected chi connectivity index (χ2v) is 7.56. The molecule has 0 amide bonds. The zero-order valence-electron chi connectivity index (χ0n) is 16.1. The Morgan fingerprint density at radius 2 is 1.48 bits per heavy atom. The highest BCUT2D eigenvalue weighted by atomic mass is 15.6. The quantitative estimate of drug-likeness (QED) is 0.668. The molecule has 4 nitrogen and oxygen atoms in total. The van der Waals surface area contributed by atoms with Crippen molar-refractivity contribution >= 4 is 11.4 Å². The summed E-state index contributed by atoms with van der Waals surface area (Å²) in [6.07, 6.45) is 0.833. The van der Waals surface area contributed by atoms with Crippen molar-refractivity contribution in [3.05, 3.63) is 102 Å². The van der Waals surface area contributed by atoms with Crippen LogP contribution in [0.25, 0.3) is 0 Å². The van der Waals surface area contributed by atoms with Gasteiger partial charge < -0.3 is 0 Å². The average molecular weight is 378 g/mol. The van der Waals surface area contributed by atoms with Gasteiger partial charge in [0.15, 0.2) is 0 Å². The first-order valence-corrected chi connectivity index (χ1v) is 10.0. The topological polar surface area (TPSA) is 42.6 Å². The lowest BCUT2D eigenvalue weighted by atomic mass is 9.73. The van der Waals surface area contributed by atoms with Crippen molar-refractivity contribution in [3.8, 4) is 6.07 Å². The zero-order chi connectivity index (χ0) is 19.7. The average Bonchev–Trinajstić information content (AvgIpc) is 3.19. The van der Waals surface area contributed by atoms with Gasteiger partial charge in [-0.3, -0.25) is 9.91 Å². The maximum absolute atomic E-state index is 10.1. The van der Waals surface area contributed by atoms with E-state index in [-0.39, 0.29) is 5.92 Å². The smallest absolute Gasteiger partial charge is 0.109 e. The number of benzene rings is 3. The molecule has 1 saturated heterocycles. The molecule has 4 heteroatoms. The Hall–Kier alpha value is -3.42. The molecule has 0 radical (unpaired) electrons. The highest BCUT2D eigenvalue weighted by Gasteiger charge is 2.56. The first-order valence-electron chi connectivity index (χ1n) is 10.0. The minimum absolute atomic E-state index is 0.151. The molecule has 3 aromatic rings. The van der Waals surface area contributed by atoms with E-state index in [9.17, 15) is 5.26 Å². The van der Waals surface area contributed by atoms with Crippen LogP contribution < -0.4 is 5.01 Å². The fourth-order valence-corrected chi connectivity index (χ4v) is 4.76. The number of hydrazone groups is 1. The van der Waals surface area contributed by atoms with Gasteiger partial charge in [-0.25, -0.2) is 0 Å². The molecular weight excluding hydrogens is 356 g/mol. The van der Waals surface area contributed by atoms with E-state index in [4.69, 9.17) is 5.10 Å². The molecule has 0 saturated carbocycles. The van der Waals surface area contributed by atoms with Crippen molar-refractivity contribution in [3.63, 3.8) is 0 Å². The standard InChI is InChI=1S/C25H22N4/c26-18-22-16-17-28-19-29(23-14-8-3-9-15-23)27-24(20-10-4-1-5-11-20)25(22,28)21-12-6-2-7-13-21/h1-15,22H,16-17,19H2/t22-,25+/m0/s1. The summed E-state index contributed by atoms with van der Waals surface area (Å²) in [5, 5.41) is 17.4. The molecule has 0 bridgehead atoms. The lowest BCUT2D eigenvalue weighted by Gasteiger charge is -2.47. The van der Waals surface area contributed by atoms with Crippen molar-refractivity contribution in [2.75, 3.05) is 18.2 Å². The molecule has 142 valence electrons. The van der Waals surface area contributed by atoms with E-state index in [2.05, 4.69) is 64.5 Å². The minimum Gasteiger partial charge on any atom is -0.268 e. The Kier molecular flexibility index (Phi) is 4.38. The predicted octanol–water partition coefficient (Wildman–Crippen LogP) is 4.61. The Morgan fingerprint density at radius 1 is 0.862 bits per heavy atom. The van der Waals surface area contributed by atoms with Crippen molar-refractivity contribution < 1.29 is 0 Å². The number of nitrogens with zero attached hydrogens (tertiary/aromatic N) is 4.